The van der Waals surface area contributed by atoms with Crippen LogP contribution in [0.25, 0.3) is 4.85 Å². The number of hydrogen-bond donors (Lipinski definition) is 0. The van der Waals surface area contributed by atoms with Crippen molar-refractivity contribution in [3.05, 3.63) is 16.5 Å². The Bertz CT molecular complexity index is 652. The van der Waals surface area contributed by atoms with Crippen molar-refractivity contribution < 1.29 is 4.74 Å². The third kappa shape index (κ3) is 3.02. The van der Waals surface area contributed by atoms with Crippen LogP contribution in [0.3, 0.4) is 0 Å². The van der Waals surface area contributed by atoms with Gasteiger partial charge in [-0.25, -0.2) is 0 Å². The molecule has 3 aliphatic rings. The number of rotatable bonds is 2. The first kappa shape index (κ1) is 18.5. The van der Waals surface area contributed by atoms with E-state index in [9.17, 15) is 5.26 Å². The van der Waals surface area contributed by atoms with Crippen LogP contribution in [0.5, 0.6) is 0 Å². The minimum Gasteiger partial charge on any atom is -0.363 e. The maximum atomic E-state index is 9.82. The molecule has 1 saturated carbocycles. The summed E-state index contributed by atoms with van der Waals surface area (Å²) in [6.45, 7) is 16.4. The summed E-state index contributed by atoms with van der Waals surface area (Å²) in [6.07, 6.45) is 8.93. The fourth-order valence-electron chi connectivity index (χ4n) is 5.64. The molecule has 0 N–H and O–H groups in total. The van der Waals surface area contributed by atoms with Gasteiger partial charge in [-0.3, -0.25) is 0 Å². The Balaban J connectivity index is 1.89. The van der Waals surface area contributed by atoms with Crippen molar-refractivity contribution in [1.29, 1.82) is 5.26 Å². The number of nitriles is 1. The van der Waals surface area contributed by atoms with Crippen LogP contribution in [-0.2, 0) is 4.74 Å². The molecule has 6 atom stereocenters. The third-order valence-corrected chi connectivity index (χ3v) is 7.52. The summed E-state index contributed by atoms with van der Waals surface area (Å²) in [5.74, 6) is 1.38. The van der Waals surface area contributed by atoms with Crippen molar-refractivity contribution in [2.24, 2.45) is 23.2 Å². The fraction of sp³-hybridized carbons (Fsp3) is 0.818. The second-order valence-corrected chi connectivity index (χ2v) is 9.65. The lowest BCUT2D eigenvalue weighted by molar-refractivity contribution is -0.118. The van der Waals surface area contributed by atoms with E-state index in [1.807, 2.05) is 0 Å². The summed E-state index contributed by atoms with van der Waals surface area (Å²) in [4.78, 5) is 4.06. The monoisotopic (exact) mass is 341 g/mol. The molecule has 0 unspecified atom stereocenters. The van der Waals surface area contributed by atoms with Crippen molar-refractivity contribution in [1.82, 2.24) is 0 Å². The fourth-order valence-corrected chi connectivity index (χ4v) is 5.64. The Kier molecular flexibility index (Phi) is 4.53. The Morgan fingerprint density at radius 2 is 1.96 bits per heavy atom. The van der Waals surface area contributed by atoms with Gasteiger partial charge >= 0.3 is 5.54 Å². The van der Waals surface area contributed by atoms with Crippen molar-refractivity contribution in [2.75, 3.05) is 0 Å². The van der Waals surface area contributed by atoms with Crippen LogP contribution < -0.4 is 0 Å². The smallest absolute Gasteiger partial charge is 0.300 e. The minimum absolute atomic E-state index is 0.0823. The van der Waals surface area contributed by atoms with E-state index >= 15 is 0 Å². The Morgan fingerprint density at radius 1 is 1.24 bits per heavy atom. The van der Waals surface area contributed by atoms with Gasteiger partial charge < -0.3 is 4.74 Å². The molecular formula is C22H33N2O+. The van der Waals surface area contributed by atoms with Gasteiger partial charge in [0.05, 0.1) is 17.1 Å². The molecule has 0 aromatic rings. The molecule has 1 heterocycles. The molecule has 1 aliphatic heterocycles. The molecule has 0 spiro atoms. The molecule has 1 saturated heterocycles. The van der Waals surface area contributed by atoms with E-state index in [1.165, 1.54) is 5.57 Å². The zero-order valence-corrected chi connectivity index (χ0v) is 16.5. The largest absolute Gasteiger partial charge is 0.363 e. The Morgan fingerprint density at radius 3 is 2.60 bits per heavy atom. The zero-order valence-electron chi connectivity index (χ0n) is 16.5. The maximum Gasteiger partial charge on any atom is 0.300 e. The molecule has 136 valence electrons. The lowest BCUT2D eigenvalue weighted by Crippen LogP contribution is -2.50. The van der Waals surface area contributed by atoms with E-state index < -0.39 is 0 Å². The average Bonchev–Trinajstić information content (AvgIpc) is 2.99. The number of ether oxygens (including phenoxy) is 1. The van der Waals surface area contributed by atoms with E-state index in [1.54, 1.807) is 0 Å². The van der Waals surface area contributed by atoms with Gasteiger partial charge in [0.15, 0.2) is 0 Å². The molecular weight excluding hydrogens is 308 g/mol. The first-order valence-electron chi connectivity index (χ1n) is 9.84. The van der Waals surface area contributed by atoms with Crippen LogP contribution in [0.15, 0.2) is 11.6 Å². The van der Waals surface area contributed by atoms with Crippen LogP contribution in [0.4, 0.5) is 0 Å². The Hall–Kier alpha value is -1.32. The van der Waals surface area contributed by atoms with Crippen LogP contribution in [0, 0.1) is 41.1 Å². The highest BCUT2D eigenvalue weighted by Gasteiger charge is 2.57. The molecule has 0 aromatic carbocycles. The van der Waals surface area contributed by atoms with E-state index in [4.69, 9.17) is 11.3 Å². The number of allylic oxidation sites excluding steroid dienone is 2. The molecule has 0 aromatic heterocycles. The van der Waals surface area contributed by atoms with Gasteiger partial charge in [0.2, 0.25) is 0 Å². The van der Waals surface area contributed by atoms with Crippen molar-refractivity contribution in [3.8, 4) is 12.6 Å². The maximum absolute atomic E-state index is 9.82. The third-order valence-electron chi connectivity index (χ3n) is 7.52. The van der Waals surface area contributed by atoms with Gasteiger partial charge in [-0.15, -0.1) is 0 Å². The van der Waals surface area contributed by atoms with Gasteiger partial charge in [0.1, 0.15) is 6.10 Å². The summed E-state index contributed by atoms with van der Waals surface area (Å²) in [6, 6.07) is 2.66. The highest BCUT2D eigenvalue weighted by atomic mass is 16.5. The van der Waals surface area contributed by atoms with Gasteiger partial charge in [0.25, 0.3) is 6.57 Å². The van der Waals surface area contributed by atoms with Crippen LogP contribution in [0.1, 0.15) is 73.1 Å². The highest BCUT2D eigenvalue weighted by Crippen LogP contribution is 2.57. The van der Waals surface area contributed by atoms with Crippen molar-refractivity contribution in [2.45, 2.75) is 90.4 Å². The predicted octanol–water partition coefficient (Wildman–Crippen LogP) is 5.58. The molecule has 0 amide bonds. The van der Waals surface area contributed by atoms with Crippen LogP contribution in [-0.4, -0.2) is 17.2 Å². The lowest BCUT2D eigenvalue weighted by atomic mass is 9.53. The predicted molar refractivity (Wildman–Crippen MR) is 101 cm³/mol. The first-order chi connectivity index (χ1) is 11.6. The standard InChI is InChI=1S/C22H33N2O/c1-15-7-8-17-16(13-15)18(9-11-21(17,4)14-23)22(5)12-10-19(25-22)20(2,3)24-6/h6,13,16-19H,7-12H2,1-5H3/q+1/t16-,17+,18-,19+,21+,22-/m1/s1. The quantitative estimate of drug-likeness (QED) is 0.615. The molecule has 3 rings (SSSR count). The normalized spacial score (nSPS) is 44.4. The molecule has 3 heteroatoms. The second-order valence-electron chi connectivity index (χ2n) is 9.65. The SMILES string of the molecule is C#[N+]C(C)(C)[C@@H]1CC[C@](C)([C@@H]2CC[C@@](C)(C#N)[C@H]3CCC(C)=C[C@@H]23)O1. The molecule has 2 fully saturated rings. The summed E-state index contributed by atoms with van der Waals surface area (Å²) in [5.41, 5.74) is 0.800. The average molecular weight is 342 g/mol. The van der Waals surface area contributed by atoms with Crippen molar-refractivity contribution in [3.63, 3.8) is 0 Å². The van der Waals surface area contributed by atoms with E-state index in [0.29, 0.717) is 17.8 Å². The summed E-state index contributed by atoms with van der Waals surface area (Å²) < 4.78 is 6.64. The summed E-state index contributed by atoms with van der Waals surface area (Å²) in [5, 5.41) is 9.82. The van der Waals surface area contributed by atoms with Gasteiger partial charge in [0, 0.05) is 13.8 Å². The number of fused-ring (bicyclic) bond motifs is 1. The summed E-state index contributed by atoms with van der Waals surface area (Å²) >= 11 is 0. The molecule has 0 bridgehead atoms. The summed E-state index contributed by atoms with van der Waals surface area (Å²) in [7, 11) is 0. The molecule has 0 radical (unpaired) electrons. The van der Waals surface area contributed by atoms with Gasteiger partial charge in [-0.1, -0.05) is 16.5 Å². The minimum atomic E-state index is -0.342. The highest BCUT2D eigenvalue weighted by molar-refractivity contribution is 5.19. The van der Waals surface area contributed by atoms with Crippen LogP contribution >= 0.6 is 0 Å². The zero-order chi connectivity index (χ0) is 18.5. The van der Waals surface area contributed by atoms with E-state index in [-0.39, 0.29) is 22.7 Å². The molecule has 3 nitrogen and oxygen atoms in total. The second kappa shape index (κ2) is 6.14. The van der Waals surface area contributed by atoms with Crippen molar-refractivity contribution >= 4 is 0 Å². The topological polar surface area (TPSA) is 37.4 Å². The van der Waals surface area contributed by atoms with E-state index in [2.05, 4.69) is 51.6 Å². The van der Waals surface area contributed by atoms with E-state index in [0.717, 1.165) is 38.5 Å². The number of hydrogen-bond acceptors (Lipinski definition) is 2. The lowest BCUT2D eigenvalue weighted by Gasteiger charge is -2.52. The number of nitrogens with zero attached hydrogens (tertiary/aromatic N) is 2. The Labute approximate surface area is 153 Å². The van der Waals surface area contributed by atoms with Crippen LogP contribution in [0.2, 0.25) is 0 Å². The first-order valence-corrected chi connectivity index (χ1v) is 9.84. The van der Waals surface area contributed by atoms with Gasteiger partial charge in [-0.05, 0) is 77.0 Å². The molecule has 2 aliphatic carbocycles. The van der Waals surface area contributed by atoms with Gasteiger partial charge in [-0.2, -0.15) is 5.26 Å². The molecule has 25 heavy (non-hydrogen) atoms.